The van der Waals surface area contributed by atoms with Gasteiger partial charge in [0.2, 0.25) is 0 Å². The molecule has 0 saturated heterocycles. The summed E-state index contributed by atoms with van der Waals surface area (Å²) in [5.74, 6) is 1.17. The van der Waals surface area contributed by atoms with Gasteiger partial charge in [0, 0.05) is 11.8 Å². The number of anilines is 1. The third-order valence-corrected chi connectivity index (χ3v) is 3.46. The summed E-state index contributed by atoms with van der Waals surface area (Å²) >= 11 is 0. The predicted molar refractivity (Wildman–Crippen MR) is 87.4 cm³/mol. The largest absolute Gasteiger partial charge is 0.497 e. The summed E-state index contributed by atoms with van der Waals surface area (Å²) < 4.78 is 5.20. The van der Waals surface area contributed by atoms with Crippen LogP contribution < -0.4 is 10.1 Å². The Morgan fingerprint density at radius 1 is 1.05 bits per heavy atom. The van der Waals surface area contributed by atoms with Gasteiger partial charge in [0.1, 0.15) is 11.6 Å². The van der Waals surface area contributed by atoms with Crippen LogP contribution in [0.2, 0.25) is 0 Å². The van der Waals surface area contributed by atoms with Crippen LogP contribution in [0.1, 0.15) is 15.9 Å². The Labute approximate surface area is 128 Å². The quantitative estimate of drug-likeness (QED) is 0.798. The zero-order valence-corrected chi connectivity index (χ0v) is 12.5. The third kappa shape index (κ3) is 2.91. The summed E-state index contributed by atoms with van der Waals surface area (Å²) in [7, 11) is 1.64. The molecule has 0 unspecified atom stereocenters. The average molecular weight is 292 g/mol. The number of benzene rings is 2. The van der Waals surface area contributed by atoms with E-state index in [2.05, 4.69) is 10.3 Å². The highest BCUT2D eigenvalue weighted by Crippen LogP contribution is 2.22. The van der Waals surface area contributed by atoms with E-state index in [1.807, 2.05) is 43.3 Å². The lowest BCUT2D eigenvalue weighted by atomic mass is 10.1. The van der Waals surface area contributed by atoms with Crippen molar-refractivity contribution in [1.29, 1.82) is 0 Å². The van der Waals surface area contributed by atoms with Crippen LogP contribution >= 0.6 is 0 Å². The monoisotopic (exact) mass is 292 g/mol. The van der Waals surface area contributed by atoms with E-state index in [-0.39, 0.29) is 5.91 Å². The van der Waals surface area contributed by atoms with Crippen molar-refractivity contribution in [2.24, 2.45) is 0 Å². The fraction of sp³-hybridized carbons (Fsp3) is 0.111. The molecular weight excluding hydrogens is 276 g/mol. The second kappa shape index (κ2) is 5.85. The first-order chi connectivity index (χ1) is 10.7. The number of nitrogens with one attached hydrogen (secondary N) is 1. The smallest absolute Gasteiger partial charge is 0.256 e. The lowest BCUT2D eigenvalue weighted by Crippen LogP contribution is -2.12. The molecule has 0 spiro atoms. The zero-order valence-electron chi connectivity index (χ0n) is 12.5. The minimum Gasteiger partial charge on any atom is -0.497 e. The molecule has 0 aliphatic carbocycles. The first-order valence-electron chi connectivity index (χ1n) is 6.97. The van der Waals surface area contributed by atoms with Crippen molar-refractivity contribution >= 4 is 22.5 Å². The molecule has 1 aromatic heterocycles. The lowest BCUT2D eigenvalue weighted by Gasteiger charge is -2.07. The minimum absolute atomic E-state index is 0.172. The van der Waals surface area contributed by atoms with E-state index < -0.39 is 0 Å². The van der Waals surface area contributed by atoms with Crippen LogP contribution in [0.4, 0.5) is 5.82 Å². The SMILES string of the molecule is COc1ccc2cc(C(=O)Nc3ccc(C)cn3)ccc2c1. The molecule has 0 bridgehead atoms. The number of ether oxygens (including phenoxy) is 1. The third-order valence-electron chi connectivity index (χ3n) is 3.46. The van der Waals surface area contributed by atoms with Crippen LogP contribution in [-0.4, -0.2) is 18.0 Å². The van der Waals surface area contributed by atoms with Crippen molar-refractivity contribution in [2.45, 2.75) is 6.92 Å². The van der Waals surface area contributed by atoms with Gasteiger partial charge in [-0.2, -0.15) is 0 Å². The number of aryl methyl sites for hydroxylation is 1. The van der Waals surface area contributed by atoms with Crippen molar-refractivity contribution < 1.29 is 9.53 Å². The number of aromatic nitrogens is 1. The highest BCUT2D eigenvalue weighted by Gasteiger charge is 2.08. The number of rotatable bonds is 3. The number of hydrogen-bond donors (Lipinski definition) is 1. The maximum atomic E-state index is 12.3. The summed E-state index contributed by atoms with van der Waals surface area (Å²) in [6.45, 7) is 1.95. The molecule has 4 nitrogen and oxygen atoms in total. The Bertz CT molecular complexity index is 826. The standard InChI is InChI=1S/C18H16N2O2/c1-12-3-8-17(19-11-12)20-18(21)15-5-4-14-10-16(22-2)7-6-13(14)9-15/h3-11H,1-2H3,(H,19,20,21). The number of nitrogens with zero attached hydrogens (tertiary/aromatic N) is 1. The van der Waals surface area contributed by atoms with Gasteiger partial charge in [-0.05, 0) is 53.6 Å². The number of amides is 1. The van der Waals surface area contributed by atoms with E-state index in [1.165, 1.54) is 0 Å². The van der Waals surface area contributed by atoms with Gasteiger partial charge in [-0.15, -0.1) is 0 Å². The zero-order chi connectivity index (χ0) is 15.5. The molecule has 0 saturated carbocycles. The first-order valence-corrected chi connectivity index (χ1v) is 6.97. The van der Waals surface area contributed by atoms with Gasteiger partial charge in [0.05, 0.1) is 7.11 Å². The number of fused-ring (bicyclic) bond motifs is 1. The van der Waals surface area contributed by atoms with Crippen LogP contribution in [0.25, 0.3) is 10.8 Å². The average Bonchev–Trinajstić information content (AvgIpc) is 2.56. The van der Waals surface area contributed by atoms with Gasteiger partial charge in [0.25, 0.3) is 5.91 Å². The van der Waals surface area contributed by atoms with Crippen LogP contribution in [0.5, 0.6) is 5.75 Å². The Hall–Kier alpha value is -2.88. The summed E-state index contributed by atoms with van der Waals surface area (Å²) in [6, 6.07) is 15.0. The molecule has 4 heteroatoms. The molecular formula is C18H16N2O2. The molecule has 0 aliphatic rings. The minimum atomic E-state index is -0.172. The lowest BCUT2D eigenvalue weighted by molar-refractivity contribution is 0.102. The van der Waals surface area contributed by atoms with E-state index in [1.54, 1.807) is 25.4 Å². The second-order valence-electron chi connectivity index (χ2n) is 5.10. The molecule has 2 aromatic carbocycles. The van der Waals surface area contributed by atoms with Gasteiger partial charge in [-0.1, -0.05) is 18.2 Å². The van der Waals surface area contributed by atoms with Crippen LogP contribution in [0.3, 0.4) is 0 Å². The van der Waals surface area contributed by atoms with Gasteiger partial charge >= 0.3 is 0 Å². The molecule has 3 aromatic rings. The number of hydrogen-bond acceptors (Lipinski definition) is 3. The summed E-state index contributed by atoms with van der Waals surface area (Å²) in [5, 5.41) is 4.82. The Morgan fingerprint density at radius 3 is 2.55 bits per heavy atom. The van der Waals surface area contributed by atoms with Crippen molar-refractivity contribution in [3.8, 4) is 5.75 Å². The normalized spacial score (nSPS) is 10.5. The van der Waals surface area contributed by atoms with E-state index in [9.17, 15) is 4.79 Å². The Morgan fingerprint density at radius 2 is 1.82 bits per heavy atom. The molecule has 22 heavy (non-hydrogen) atoms. The summed E-state index contributed by atoms with van der Waals surface area (Å²) in [4.78, 5) is 16.5. The summed E-state index contributed by atoms with van der Waals surface area (Å²) in [6.07, 6.45) is 1.72. The molecule has 0 atom stereocenters. The fourth-order valence-electron chi connectivity index (χ4n) is 2.22. The van der Waals surface area contributed by atoms with E-state index in [0.717, 1.165) is 22.1 Å². The summed E-state index contributed by atoms with van der Waals surface area (Å²) in [5.41, 5.74) is 1.65. The number of pyridine rings is 1. The molecule has 0 aliphatic heterocycles. The molecule has 3 rings (SSSR count). The number of methoxy groups -OCH3 is 1. The van der Waals surface area contributed by atoms with E-state index >= 15 is 0 Å². The van der Waals surface area contributed by atoms with Crippen molar-refractivity contribution in [2.75, 3.05) is 12.4 Å². The van der Waals surface area contributed by atoms with E-state index in [0.29, 0.717) is 11.4 Å². The van der Waals surface area contributed by atoms with Gasteiger partial charge in [-0.3, -0.25) is 4.79 Å². The highest BCUT2D eigenvalue weighted by molar-refractivity contribution is 6.06. The van der Waals surface area contributed by atoms with Gasteiger partial charge < -0.3 is 10.1 Å². The molecule has 1 heterocycles. The van der Waals surface area contributed by atoms with Crippen LogP contribution in [0, 0.1) is 6.92 Å². The topological polar surface area (TPSA) is 51.2 Å². The van der Waals surface area contributed by atoms with Gasteiger partial charge in [0.15, 0.2) is 0 Å². The molecule has 1 amide bonds. The second-order valence-corrected chi connectivity index (χ2v) is 5.10. The molecule has 1 N–H and O–H groups in total. The van der Waals surface area contributed by atoms with Crippen molar-refractivity contribution in [1.82, 2.24) is 4.98 Å². The van der Waals surface area contributed by atoms with Crippen molar-refractivity contribution in [3.63, 3.8) is 0 Å². The number of carbonyl (C=O) groups excluding carboxylic acids is 1. The number of carbonyl (C=O) groups is 1. The Kier molecular flexibility index (Phi) is 3.74. The predicted octanol–water partition coefficient (Wildman–Crippen LogP) is 3.80. The molecule has 110 valence electrons. The molecule has 0 fully saturated rings. The first kappa shape index (κ1) is 14.1. The molecule has 0 radical (unpaired) electrons. The van der Waals surface area contributed by atoms with Crippen molar-refractivity contribution in [3.05, 3.63) is 65.9 Å². The van der Waals surface area contributed by atoms with Gasteiger partial charge in [-0.25, -0.2) is 4.98 Å². The van der Waals surface area contributed by atoms with Crippen LogP contribution in [-0.2, 0) is 0 Å². The fourth-order valence-corrected chi connectivity index (χ4v) is 2.22. The maximum absolute atomic E-state index is 12.3. The maximum Gasteiger partial charge on any atom is 0.256 e. The van der Waals surface area contributed by atoms with E-state index in [4.69, 9.17) is 4.74 Å². The highest BCUT2D eigenvalue weighted by atomic mass is 16.5. The van der Waals surface area contributed by atoms with Crippen LogP contribution in [0.15, 0.2) is 54.7 Å². The Balaban J connectivity index is 1.86.